The van der Waals surface area contributed by atoms with Crippen molar-refractivity contribution in [1.82, 2.24) is 61.3 Å². The molecule has 6 saturated heterocycles. The van der Waals surface area contributed by atoms with Gasteiger partial charge in [-0.25, -0.2) is 4.39 Å². The molecule has 624 valence electrons. The Morgan fingerprint density at radius 2 is 0.570 bits per heavy atom. The number of nitrogens with zero attached hydrogens (tertiary/aromatic N) is 6. The number of amides is 6. The lowest BCUT2D eigenvalue weighted by atomic mass is 9.93. The number of rotatable bonds is 6. The molecular formula is C93H135Cl2FN12O6. The fourth-order valence-electron chi connectivity index (χ4n) is 14.6. The molecule has 21 heteroatoms. The summed E-state index contributed by atoms with van der Waals surface area (Å²) in [7, 11) is 0. The van der Waals surface area contributed by atoms with Gasteiger partial charge < -0.3 is 61.3 Å². The van der Waals surface area contributed by atoms with Crippen LogP contribution < -0.4 is 31.9 Å². The first-order valence-electron chi connectivity index (χ1n) is 40.9. The molecule has 6 amide bonds. The lowest BCUT2D eigenvalue weighted by Crippen LogP contribution is -2.51. The van der Waals surface area contributed by atoms with E-state index in [0.717, 1.165) is 106 Å². The Hall–Kier alpha value is -7.59. The largest absolute Gasteiger partial charge is 0.339 e. The number of halogens is 3. The van der Waals surface area contributed by atoms with E-state index in [2.05, 4.69) is 132 Å². The Morgan fingerprint density at radius 3 is 0.877 bits per heavy atom. The summed E-state index contributed by atoms with van der Waals surface area (Å²) in [5.41, 5.74) is 8.54. The van der Waals surface area contributed by atoms with E-state index in [9.17, 15) is 33.2 Å². The minimum absolute atomic E-state index is 0.119. The van der Waals surface area contributed by atoms with Crippen molar-refractivity contribution in [3.63, 3.8) is 0 Å². The van der Waals surface area contributed by atoms with Crippen molar-refractivity contribution in [3.8, 4) is 0 Å². The van der Waals surface area contributed by atoms with Crippen LogP contribution in [0.25, 0.3) is 0 Å². The molecule has 6 aliphatic rings. The molecule has 6 aliphatic heterocycles. The highest BCUT2D eigenvalue weighted by Gasteiger charge is 2.38. The molecule has 12 rings (SSSR count). The Balaban J connectivity index is 0.000000189. The van der Waals surface area contributed by atoms with Gasteiger partial charge in [-0.05, 0) is 78.4 Å². The smallest absolute Gasteiger partial charge is 0.228 e. The van der Waals surface area contributed by atoms with Crippen LogP contribution in [0, 0.1) is 59.1 Å². The molecular weight excluding hydrogens is 1470 g/mol. The maximum Gasteiger partial charge on any atom is 0.228 e. The number of carbonyl (C=O) groups is 6. The summed E-state index contributed by atoms with van der Waals surface area (Å²) in [5, 5.41) is 22.2. The van der Waals surface area contributed by atoms with E-state index in [1.165, 1.54) is 39.4 Å². The van der Waals surface area contributed by atoms with Crippen molar-refractivity contribution in [3.05, 3.63) is 212 Å². The molecule has 0 saturated carbocycles. The molecule has 6 aromatic carbocycles. The molecule has 6 fully saturated rings. The van der Waals surface area contributed by atoms with Crippen molar-refractivity contribution in [2.75, 3.05) is 118 Å². The van der Waals surface area contributed by atoms with Crippen LogP contribution in [-0.4, -0.2) is 183 Å². The van der Waals surface area contributed by atoms with Crippen LogP contribution in [0.3, 0.4) is 0 Å². The average Bonchev–Trinajstić information content (AvgIpc) is 0.784. The molecule has 6 unspecified atom stereocenters. The normalized spacial score (nSPS) is 20.4. The van der Waals surface area contributed by atoms with Crippen LogP contribution in [0.5, 0.6) is 0 Å². The van der Waals surface area contributed by atoms with Crippen LogP contribution in [0.2, 0.25) is 10.0 Å². The van der Waals surface area contributed by atoms with E-state index in [1.807, 2.05) is 203 Å². The molecule has 114 heavy (non-hydrogen) atoms. The van der Waals surface area contributed by atoms with Gasteiger partial charge in [0.15, 0.2) is 0 Å². The Labute approximate surface area is 692 Å². The number of carbonyl (C=O) groups excluding carboxylic acids is 6. The van der Waals surface area contributed by atoms with Crippen LogP contribution >= 0.6 is 23.2 Å². The summed E-state index contributed by atoms with van der Waals surface area (Å²) in [6.45, 7) is 55.4. The maximum atomic E-state index is 13.8. The van der Waals surface area contributed by atoms with Crippen molar-refractivity contribution < 1.29 is 33.2 Å². The van der Waals surface area contributed by atoms with E-state index in [0.29, 0.717) is 38.3 Å². The third-order valence-electron chi connectivity index (χ3n) is 21.0. The van der Waals surface area contributed by atoms with Crippen LogP contribution in [-0.2, 0) is 28.8 Å². The number of piperazine rings is 6. The first-order chi connectivity index (χ1) is 53.3. The van der Waals surface area contributed by atoms with Gasteiger partial charge in [0, 0.05) is 184 Å². The molecule has 6 heterocycles. The molecule has 0 aliphatic carbocycles. The zero-order valence-electron chi connectivity index (χ0n) is 72.3. The number of benzene rings is 6. The van der Waals surface area contributed by atoms with Gasteiger partial charge in [-0.15, -0.1) is 0 Å². The lowest BCUT2D eigenvalue weighted by Gasteiger charge is -2.37. The van der Waals surface area contributed by atoms with Crippen molar-refractivity contribution in [1.29, 1.82) is 0 Å². The highest BCUT2D eigenvalue weighted by molar-refractivity contribution is 6.31. The van der Waals surface area contributed by atoms with E-state index < -0.39 is 5.41 Å². The summed E-state index contributed by atoms with van der Waals surface area (Å²) in [4.78, 5) is 85.7. The monoisotopic (exact) mass is 1600 g/mol. The quantitative estimate of drug-likeness (QED) is 0.0925. The van der Waals surface area contributed by atoms with Gasteiger partial charge in [0.2, 0.25) is 35.4 Å². The first-order valence-corrected chi connectivity index (χ1v) is 41.7. The zero-order chi connectivity index (χ0) is 84.3. The van der Waals surface area contributed by atoms with Crippen molar-refractivity contribution in [2.24, 2.45) is 32.5 Å². The summed E-state index contributed by atoms with van der Waals surface area (Å²) in [6, 6.07) is 48.8. The fraction of sp³-hybridized carbons (Fsp3) is 0.548. The minimum atomic E-state index is -0.392. The van der Waals surface area contributed by atoms with Gasteiger partial charge in [-0.3, -0.25) is 28.8 Å². The summed E-state index contributed by atoms with van der Waals surface area (Å²) < 4.78 is 13.8. The molecule has 18 nitrogen and oxygen atoms in total. The summed E-state index contributed by atoms with van der Waals surface area (Å²) in [6.07, 6.45) is 0. The number of hydrogen-bond donors (Lipinski definition) is 6. The molecule has 0 bridgehead atoms. The highest BCUT2D eigenvalue weighted by atomic mass is 35.5. The lowest BCUT2D eigenvalue weighted by molar-refractivity contribution is -0.141. The molecule has 6 atom stereocenters. The van der Waals surface area contributed by atoms with Crippen LogP contribution in [0.15, 0.2) is 146 Å². The summed E-state index contributed by atoms with van der Waals surface area (Å²) >= 11 is 12.3. The van der Waals surface area contributed by atoms with E-state index in [-0.39, 0.29) is 105 Å². The van der Waals surface area contributed by atoms with Gasteiger partial charge >= 0.3 is 0 Å². The van der Waals surface area contributed by atoms with Gasteiger partial charge in [0.05, 0.1) is 18.1 Å². The van der Waals surface area contributed by atoms with E-state index in [4.69, 9.17) is 23.2 Å². The molecule has 6 N–H and O–H groups in total. The Bertz CT molecular complexity index is 3820. The predicted octanol–water partition coefficient (Wildman–Crippen LogP) is 15.6. The molecule has 0 aromatic heterocycles. The zero-order valence-corrected chi connectivity index (χ0v) is 73.8. The van der Waals surface area contributed by atoms with E-state index >= 15 is 0 Å². The Morgan fingerprint density at radius 1 is 0.307 bits per heavy atom. The molecule has 0 spiro atoms. The fourth-order valence-corrected chi connectivity index (χ4v) is 15.0. The second kappa shape index (κ2) is 41.5. The first kappa shape index (κ1) is 93.6. The van der Waals surface area contributed by atoms with Crippen molar-refractivity contribution in [2.45, 2.75) is 182 Å². The summed E-state index contributed by atoms with van der Waals surface area (Å²) in [5.74, 6) is 1.04. The number of nitrogens with one attached hydrogen (secondary N) is 6. The van der Waals surface area contributed by atoms with Gasteiger partial charge in [-0.1, -0.05) is 280 Å². The topological polar surface area (TPSA) is 194 Å². The second-order valence-corrected chi connectivity index (χ2v) is 38.2. The third-order valence-corrected chi connectivity index (χ3v) is 21.5. The number of hydrogen-bond acceptors (Lipinski definition) is 12. The molecule has 0 radical (unpaired) electrons. The van der Waals surface area contributed by atoms with Crippen LogP contribution in [0.4, 0.5) is 4.39 Å². The van der Waals surface area contributed by atoms with Gasteiger partial charge in [0.1, 0.15) is 5.82 Å². The number of aryl methyl sites for hydroxylation is 3. The van der Waals surface area contributed by atoms with E-state index in [1.54, 1.807) is 12.1 Å². The SMILES string of the molecule is CC(C)(C)C(=O)N1CCNC(c2cccc(Cl)c2)C1.CC(C)(C)C(=O)N1CCNC(c2ccccc2Cl)C1.CC(C)(C)C(=O)N1CCNC(c2ccccc2F)C1.Cc1ccc(C2CN(C(=O)C(C)(C)C)CCN2)cc1.Cc1ccc(C2CN(C(=O)C(C)(C)C)CCN2)cc1.Cc1ccccc1C1CN(C(=O)C(C)(C)C)CCN1. The van der Waals surface area contributed by atoms with Crippen LogP contribution in [0.1, 0.15) is 211 Å². The predicted molar refractivity (Wildman–Crippen MR) is 464 cm³/mol. The maximum absolute atomic E-state index is 13.8. The highest BCUT2D eigenvalue weighted by Crippen LogP contribution is 2.32. The third kappa shape index (κ3) is 28.1. The standard InChI is InChI=1S/3C16H24N2O.2C15H21ClN2O.C15H21FN2O/c2*1-12-5-7-13(8-6-12)14-11-18(10-9-17-14)15(19)16(2,3)4;1-12-7-5-6-8-13(12)14-11-18(10-9-17-14)15(19)16(2,3)4;1-15(2,3)14(19)18-8-7-17-13(10-18)11-5-4-6-12(16)9-11;2*1-15(2,3)14(19)18-9-8-17-13(10-18)11-6-4-5-7-12(11)16/h3*5-8,14,17H,9-11H2,1-4H3;4-6,9,13,17H,7-8,10H2,1-3H3;2*4-7,13,17H,8-10H2,1-3H3. The van der Waals surface area contributed by atoms with Gasteiger partial charge in [0.25, 0.3) is 0 Å². The van der Waals surface area contributed by atoms with Gasteiger partial charge in [-0.2, -0.15) is 0 Å². The Kier molecular flexibility index (Phi) is 34.1. The second-order valence-electron chi connectivity index (χ2n) is 37.3. The van der Waals surface area contributed by atoms with Crippen molar-refractivity contribution >= 4 is 58.6 Å². The average molecular weight is 1610 g/mol. The molecule has 6 aromatic rings. The minimum Gasteiger partial charge on any atom is -0.339 e.